The molecule has 0 spiro atoms. The van der Waals surface area contributed by atoms with E-state index < -0.39 is 4.92 Å². The number of nitro benzene ring substituents is 1. The molecule has 0 unspecified atom stereocenters. The third-order valence-corrected chi connectivity index (χ3v) is 5.11. The van der Waals surface area contributed by atoms with Gasteiger partial charge in [0.15, 0.2) is 0 Å². The topological polar surface area (TPSA) is 84.7 Å². The first-order valence-corrected chi connectivity index (χ1v) is 9.05. The fourth-order valence-electron chi connectivity index (χ4n) is 3.44. The number of carbonyl (C=O) groups excluding carboxylic acids is 1. The van der Waals surface area contributed by atoms with Crippen LogP contribution in [0.4, 0.5) is 11.4 Å². The maximum atomic E-state index is 12.2. The van der Waals surface area contributed by atoms with Crippen LogP contribution in [0.15, 0.2) is 36.4 Å². The molecule has 0 saturated heterocycles. The Labute approximate surface area is 157 Å². The lowest BCUT2D eigenvalue weighted by atomic mass is 9.98. The maximum absolute atomic E-state index is 12.2. The molecule has 27 heavy (non-hydrogen) atoms. The van der Waals surface area contributed by atoms with Crippen molar-refractivity contribution in [3.63, 3.8) is 0 Å². The molecule has 7 heteroatoms. The number of fused-ring (bicyclic) bond motifs is 1. The summed E-state index contributed by atoms with van der Waals surface area (Å²) >= 11 is 0. The Balaban J connectivity index is 1.62. The fraction of sp³-hybridized carbons (Fsp3) is 0.350. The van der Waals surface area contributed by atoms with Gasteiger partial charge in [-0.2, -0.15) is 0 Å². The zero-order valence-corrected chi connectivity index (χ0v) is 15.1. The first-order chi connectivity index (χ1) is 13.0. The summed E-state index contributed by atoms with van der Waals surface area (Å²) in [5.41, 5.74) is 3.17. The Morgan fingerprint density at radius 3 is 2.74 bits per heavy atom. The Kier molecular flexibility index (Phi) is 4.43. The van der Waals surface area contributed by atoms with Crippen LogP contribution in [0.5, 0.6) is 5.75 Å². The molecule has 0 radical (unpaired) electrons. The van der Waals surface area contributed by atoms with E-state index in [0.29, 0.717) is 24.3 Å². The Hall–Kier alpha value is -3.09. The Morgan fingerprint density at radius 2 is 2.04 bits per heavy atom. The zero-order chi connectivity index (χ0) is 19.0. The van der Waals surface area contributed by atoms with Crippen molar-refractivity contribution in [3.8, 4) is 5.75 Å². The van der Waals surface area contributed by atoms with Crippen LogP contribution in [-0.4, -0.2) is 30.5 Å². The number of nitro groups is 1. The molecule has 1 N–H and O–H groups in total. The number of ether oxygens (including phenoxy) is 1. The number of nitrogens with one attached hydrogen (secondary N) is 1. The van der Waals surface area contributed by atoms with E-state index >= 15 is 0 Å². The van der Waals surface area contributed by atoms with Crippen molar-refractivity contribution in [1.82, 2.24) is 5.32 Å². The molecule has 0 atom stereocenters. The minimum atomic E-state index is -0.412. The van der Waals surface area contributed by atoms with E-state index in [1.165, 1.54) is 11.6 Å². The van der Waals surface area contributed by atoms with E-state index in [4.69, 9.17) is 4.74 Å². The lowest BCUT2D eigenvalue weighted by molar-refractivity contribution is -0.384. The molecule has 1 fully saturated rings. The molecule has 7 nitrogen and oxygen atoms in total. The maximum Gasteiger partial charge on any atom is 0.293 e. The van der Waals surface area contributed by atoms with E-state index in [-0.39, 0.29) is 17.6 Å². The molecular formula is C20H21N3O4. The van der Waals surface area contributed by atoms with Gasteiger partial charge in [0.05, 0.1) is 12.0 Å². The normalized spacial score (nSPS) is 15.8. The van der Waals surface area contributed by atoms with Crippen LogP contribution in [0.1, 0.15) is 34.3 Å². The number of amides is 1. The highest BCUT2D eigenvalue weighted by atomic mass is 16.6. The van der Waals surface area contributed by atoms with Crippen molar-refractivity contribution >= 4 is 17.3 Å². The molecule has 0 aromatic heterocycles. The molecule has 2 aromatic carbocycles. The van der Waals surface area contributed by atoms with Crippen molar-refractivity contribution in [3.05, 3.63) is 63.2 Å². The van der Waals surface area contributed by atoms with Gasteiger partial charge in [-0.05, 0) is 54.7 Å². The second-order valence-corrected chi connectivity index (χ2v) is 7.01. The monoisotopic (exact) mass is 367 g/mol. The van der Waals surface area contributed by atoms with Gasteiger partial charge in [-0.1, -0.05) is 6.07 Å². The van der Waals surface area contributed by atoms with Crippen molar-refractivity contribution in [2.75, 3.05) is 18.6 Å². The third kappa shape index (κ3) is 3.58. The number of carbonyl (C=O) groups is 1. The van der Waals surface area contributed by atoms with Crippen LogP contribution < -0.4 is 15.0 Å². The summed E-state index contributed by atoms with van der Waals surface area (Å²) in [6, 6.07) is 10.9. The van der Waals surface area contributed by atoms with Crippen LogP contribution in [0, 0.1) is 10.1 Å². The predicted molar refractivity (Wildman–Crippen MR) is 101 cm³/mol. The van der Waals surface area contributed by atoms with E-state index in [0.717, 1.165) is 30.6 Å². The smallest absolute Gasteiger partial charge is 0.293 e. The summed E-state index contributed by atoms with van der Waals surface area (Å²) in [6.07, 6.45) is 2.76. The molecule has 1 saturated carbocycles. The van der Waals surface area contributed by atoms with Gasteiger partial charge in [0.25, 0.3) is 11.6 Å². The average Bonchev–Trinajstić information content (AvgIpc) is 3.50. The number of nitrogens with zero attached hydrogens (tertiary/aromatic N) is 2. The highest BCUT2D eigenvalue weighted by Gasteiger charge is 2.27. The number of benzene rings is 2. The standard InChI is InChI=1S/C20H21N3O4/c1-27-17-6-2-13-8-9-22(12-15(13)10-17)18-7-3-14(11-19(18)23(25)26)20(24)21-16-4-5-16/h2-3,6-7,10-11,16H,4-5,8-9,12H2,1H3,(H,21,24). The zero-order valence-electron chi connectivity index (χ0n) is 15.1. The second kappa shape index (κ2) is 6.90. The SMILES string of the molecule is COc1ccc2c(c1)CN(c1ccc(C(=O)NC3CC3)cc1[N+](=O)[O-])CC2. The van der Waals surface area contributed by atoms with Crippen LogP contribution in [0.2, 0.25) is 0 Å². The number of anilines is 1. The van der Waals surface area contributed by atoms with Gasteiger partial charge in [-0.15, -0.1) is 0 Å². The van der Waals surface area contributed by atoms with Crippen molar-refractivity contribution < 1.29 is 14.5 Å². The molecule has 140 valence electrons. The van der Waals surface area contributed by atoms with Gasteiger partial charge in [-0.25, -0.2) is 0 Å². The number of rotatable bonds is 5. The van der Waals surface area contributed by atoms with Crippen LogP contribution in [-0.2, 0) is 13.0 Å². The van der Waals surface area contributed by atoms with Gasteiger partial charge >= 0.3 is 0 Å². The molecule has 1 aliphatic heterocycles. The van der Waals surface area contributed by atoms with Crippen molar-refractivity contribution in [2.24, 2.45) is 0 Å². The highest BCUT2D eigenvalue weighted by molar-refractivity contribution is 5.96. The summed E-state index contributed by atoms with van der Waals surface area (Å²) in [7, 11) is 1.62. The Bertz CT molecular complexity index is 908. The highest BCUT2D eigenvalue weighted by Crippen LogP contribution is 2.34. The third-order valence-electron chi connectivity index (χ3n) is 5.11. The van der Waals surface area contributed by atoms with E-state index in [1.54, 1.807) is 19.2 Å². The van der Waals surface area contributed by atoms with Crippen molar-refractivity contribution in [1.29, 1.82) is 0 Å². The quantitative estimate of drug-likeness (QED) is 0.648. The summed E-state index contributed by atoms with van der Waals surface area (Å²) in [4.78, 5) is 25.5. The summed E-state index contributed by atoms with van der Waals surface area (Å²) in [5, 5.41) is 14.5. The van der Waals surface area contributed by atoms with Gasteiger partial charge in [0.2, 0.25) is 0 Å². The van der Waals surface area contributed by atoms with E-state index in [2.05, 4.69) is 5.32 Å². The average molecular weight is 367 g/mol. The summed E-state index contributed by atoms with van der Waals surface area (Å²) in [6.45, 7) is 1.26. The first kappa shape index (κ1) is 17.3. The molecule has 4 rings (SSSR count). The Morgan fingerprint density at radius 1 is 1.22 bits per heavy atom. The number of hydrogen-bond acceptors (Lipinski definition) is 5. The molecular weight excluding hydrogens is 346 g/mol. The van der Waals surface area contributed by atoms with Gasteiger partial charge < -0.3 is 15.0 Å². The second-order valence-electron chi connectivity index (χ2n) is 7.01. The summed E-state index contributed by atoms with van der Waals surface area (Å²) < 4.78 is 5.29. The lowest BCUT2D eigenvalue weighted by Crippen LogP contribution is -2.31. The largest absolute Gasteiger partial charge is 0.497 e. The minimum absolute atomic E-state index is 0.0372. The summed E-state index contributed by atoms with van der Waals surface area (Å²) in [5.74, 6) is 0.526. The number of hydrogen-bond donors (Lipinski definition) is 1. The van der Waals surface area contributed by atoms with Gasteiger partial charge in [0, 0.05) is 30.8 Å². The fourth-order valence-corrected chi connectivity index (χ4v) is 3.44. The van der Waals surface area contributed by atoms with Crippen LogP contribution in [0.25, 0.3) is 0 Å². The van der Waals surface area contributed by atoms with E-state index in [1.807, 2.05) is 23.1 Å². The van der Waals surface area contributed by atoms with Gasteiger partial charge in [0.1, 0.15) is 11.4 Å². The van der Waals surface area contributed by atoms with E-state index in [9.17, 15) is 14.9 Å². The van der Waals surface area contributed by atoms with Crippen LogP contribution >= 0.6 is 0 Å². The van der Waals surface area contributed by atoms with Gasteiger partial charge in [-0.3, -0.25) is 14.9 Å². The molecule has 2 aromatic rings. The predicted octanol–water partition coefficient (Wildman–Crippen LogP) is 3.06. The molecule has 1 amide bonds. The number of methoxy groups -OCH3 is 1. The molecule has 0 bridgehead atoms. The van der Waals surface area contributed by atoms with Crippen molar-refractivity contribution in [2.45, 2.75) is 31.8 Å². The molecule has 1 heterocycles. The van der Waals surface area contributed by atoms with Crippen LogP contribution in [0.3, 0.4) is 0 Å². The minimum Gasteiger partial charge on any atom is -0.497 e. The lowest BCUT2D eigenvalue weighted by Gasteiger charge is -2.30. The first-order valence-electron chi connectivity index (χ1n) is 9.05. The molecule has 2 aliphatic rings. The molecule has 1 aliphatic carbocycles.